The molecule has 88 valence electrons. The predicted octanol–water partition coefficient (Wildman–Crippen LogP) is 2.45. The van der Waals surface area contributed by atoms with E-state index in [0.29, 0.717) is 5.75 Å². The topological polar surface area (TPSA) is 55.8 Å². The van der Waals surface area contributed by atoms with Crippen LogP contribution in [-0.4, -0.2) is 24.3 Å². The van der Waals surface area contributed by atoms with E-state index in [1.807, 2.05) is 12.1 Å². The molecule has 0 saturated heterocycles. The molecule has 0 aliphatic carbocycles. The Morgan fingerprint density at radius 3 is 2.81 bits per heavy atom. The summed E-state index contributed by atoms with van der Waals surface area (Å²) in [4.78, 5) is 10.6. The zero-order valence-electron chi connectivity index (χ0n) is 9.07. The van der Waals surface area contributed by atoms with E-state index in [4.69, 9.17) is 14.6 Å². The van der Waals surface area contributed by atoms with Gasteiger partial charge >= 0.3 is 5.97 Å². The number of carbonyl (C=O) groups is 1. The first kappa shape index (κ1) is 13.0. The largest absolute Gasteiger partial charge is 0.497 e. The first-order valence-electron chi connectivity index (χ1n) is 4.71. The highest BCUT2D eigenvalue weighted by molar-refractivity contribution is 9.10. The maximum absolute atomic E-state index is 10.6. The fourth-order valence-electron chi connectivity index (χ4n) is 1.07. The van der Waals surface area contributed by atoms with Gasteiger partial charge < -0.3 is 14.6 Å². The Morgan fingerprint density at radius 2 is 2.25 bits per heavy atom. The Kier molecular flexibility index (Phi) is 4.76. The smallest absolute Gasteiger partial charge is 0.332 e. The van der Waals surface area contributed by atoms with Crippen molar-refractivity contribution >= 4 is 21.9 Å². The van der Waals surface area contributed by atoms with Crippen molar-refractivity contribution in [2.45, 2.75) is 19.6 Å². The molecule has 0 aliphatic rings. The molecular weight excluding hydrogens is 276 g/mol. The second kappa shape index (κ2) is 5.86. The number of benzene rings is 1. The Hall–Kier alpha value is -1.07. The van der Waals surface area contributed by atoms with Gasteiger partial charge in [-0.15, -0.1) is 0 Å². The molecule has 1 atom stereocenters. The monoisotopic (exact) mass is 288 g/mol. The molecule has 0 aliphatic heterocycles. The maximum atomic E-state index is 10.6. The number of carboxylic acids is 1. The first-order valence-corrected chi connectivity index (χ1v) is 5.50. The fourth-order valence-corrected chi connectivity index (χ4v) is 1.44. The quantitative estimate of drug-likeness (QED) is 0.904. The van der Waals surface area contributed by atoms with Crippen LogP contribution >= 0.6 is 15.9 Å². The number of aliphatic carboxylic acids is 1. The van der Waals surface area contributed by atoms with Gasteiger partial charge in [0.05, 0.1) is 13.7 Å². The molecule has 4 nitrogen and oxygen atoms in total. The van der Waals surface area contributed by atoms with E-state index in [0.717, 1.165) is 10.0 Å². The molecule has 0 amide bonds. The minimum absolute atomic E-state index is 0.227. The van der Waals surface area contributed by atoms with E-state index in [-0.39, 0.29) is 6.61 Å². The van der Waals surface area contributed by atoms with Crippen LogP contribution in [0.15, 0.2) is 22.7 Å². The van der Waals surface area contributed by atoms with E-state index in [9.17, 15) is 4.79 Å². The van der Waals surface area contributed by atoms with Crippen molar-refractivity contribution in [1.29, 1.82) is 0 Å². The first-order chi connectivity index (χ1) is 7.54. The molecule has 1 unspecified atom stereocenters. The molecule has 0 saturated carbocycles. The van der Waals surface area contributed by atoms with Gasteiger partial charge in [0.25, 0.3) is 0 Å². The molecule has 0 heterocycles. The van der Waals surface area contributed by atoms with Crippen LogP contribution in [0.4, 0.5) is 0 Å². The third-order valence-electron chi connectivity index (χ3n) is 2.09. The number of hydrogen-bond donors (Lipinski definition) is 1. The average molecular weight is 289 g/mol. The van der Waals surface area contributed by atoms with Crippen LogP contribution < -0.4 is 4.74 Å². The molecule has 0 aromatic heterocycles. The standard InChI is InChI=1S/C11H13BrO4/c1-7(11(13)14)16-6-8-5-9(15-2)3-4-10(8)12/h3-5,7H,6H2,1-2H3,(H,13,14). The van der Waals surface area contributed by atoms with Crippen molar-refractivity contribution in [3.8, 4) is 5.75 Å². The second-order valence-electron chi connectivity index (χ2n) is 3.25. The van der Waals surface area contributed by atoms with E-state index >= 15 is 0 Å². The molecule has 0 radical (unpaired) electrons. The number of halogens is 1. The molecule has 5 heteroatoms. The summed E-state index contributed by atoms with van der Waals surface area (Å²) in [6.07, 6.45) is -0.821. The summed E-state index contributed by atoms with van der Waals surface area (Å²) in [5, 5.41) is 8.67. The summed E-state index contributed by atoms with van der Waals surface area (Å²) >= 11 is 3.36. The number of methoxy groups -OCH3 is 1. The zero-order valence-corrected chi connectivity index (χ0v) is 10.7. The van der Waals surface area contributed by atoms with Gasteiger partial charge in [0.2, 0.25) is 0 Å². The Bertz CT molecular complexity index is 378. The molecule has 0 fully saturated rings. The Morgan fingerprint density at radius 1 is 1.56 bits per heavy atom. The lowest BCUT2D eigenvalue weighted by Crippen LogP contribution is -2.19. The summed E-state index contributed by atoms with van der Waals surface area (Å²) in [5.74, 6) is -0.260. The number of ether oxygens (including phenoxy) is 2. The molecule has 1 aromatic carbocycles. The Labute approximate surface area is 102 Å². The lowest BCUT2D eigenvalue weighted by Gasteiger charge is -2.10. The SMILES string of the molecule is COc1ccc(Br)c(COC(C)C(=O)O)c1. The number of carboxylic acid groups (broad SMARTS) is 1. The van der Waals surface area contributed by atoms with Gasteiger partial charge in [0.15, 0.2) is 6.10 Å². The molecule has 1 aromatic rings. The van der Waals surface area contributed by atoms with Gasteiger partial charge in [-0.1, -0.05) is 15.9 Å². The van der Waals surface area contributed by atoms with Gasteiger partial charge in [-0.25, -0.2) is 4.79 Å². The van der Waals surface area contributed by atoms with E-state index in [1.54, 1.807) is 13.2 Å². The van der Waals surface area contributed by atoms with Crippen LogP contribution in [0.2, 0.25) is 0 Å². The Balaban J connectivity index is 2.69. The van der Waals surface area contributed by atoms with Crippen LogP contribution in [0.5, 0.6) is 5.75 Å². The highest BCUT2D eigenvalue weighted by Gasteiger charge is 2.12. The molecule has 0 bridgehead atoms. The van der Waals surface area contributed by atoms with Crippen molar-refractivity contribution in [2.75, 3.05) is 7.11 Å². The normalized spacial score (nSPS) is 12.2. The zero-order chi connectivity index (χ0) is 12.1. The van der Waals surface area contributed by atoms with Gasteiger partial charge in [0, 0.05) is 4.47 Å². The fraction of sp³-hybridized carbons (Fsp3) is 0.364. The van der Waals surface area contributed by atoms with Crippen LogP contribution in [0.1, 0.15) is 12.5 Å². The van der Waals surface area contributed by atoms with Gasteiger partial charge in [-0.3, -0.25) is 0 Å². The molecule has 0 spiro atoms. The van der Waals surface area contributed by atoms with E-state index in [1.165, 1.54) is 6.92 Å². The summed E-state index contributed by atoms with van der Waals surface area (Å²) in [5.41, 5.74) is 0.854. The van der Waals surface area contributed by atoms with Crippen LogP contribution in [0.3, 0.4) is 0 Å². The lowest BCUT2D eigenvalue weighted by atomic mass is 10.2. The van der Waals surface area contributed by atoms with Crippen molar-refractivity contribution < 1.29 is 19.4 Å². The minimum atomic E-state index is -0.973. The summed E-state index contributed by atoms with van der Waals surface area (Å²) in [6, 6.07) is 5.45. The third-order valence-corrected chi connectivity index (χ3v) is 2.86. The number of rotatable bonds is 5. The van der Waals surface area contributed by atoms with E-state index < -0.39 is 12.1 Å². The minimum Gasteiger partial charge on any atom is -0.497 e. The van der Waals surface area contributed by atoms with Crippen molar-refractivity contribution in [2.24, 2.45) is 0 Å². The summed E-state index contributed by atoms with van der Waals surface area (Å²) < 4.78 is 11.1. The number of hydrogen-bond acceptors (Lipinski definition) is 3. The van der Waals surface area contributed by atoms with Gasteiger partial charge in [0.1, 0.15) is 5.75 Å². The summed E-state index contributed by atoms with van der Waals surface area (Å²) in [7, 11) is 1.58. The van der Waals surface area contributed by atoms with E-state index in [2.05, 4.69) is 15.9 Å². The predicted molar refractivity (Wildman–Crippen MR) is 62.6 cm³/mol. The van der Waals surface area contributed by atoms with Gasteiger partial charge in [-0.2, -0.15) is 0 Å². The molecule has 16 heavy (non-hydrogen) atoms. The molecular formula is C11H13BrO4. The van der Waals surface area contributed by atoms with Crippen molar-refractivity contribution in [3.63, 3.8) is 0 Å². The maximum Gasteiger partial charge on any atom is 0.332 e. The average Bonchev–Trinajstić information content (AvgIpc) is 2.27. The molecule has 1 rings (SSSR count). The third kappa shape index (κ3) is 3.50. The van der Waals surface area contributed by atoms with Gasteiger partial charge in [-0.05, 0) is 30.7 Å². The van der Waals surface area contributed by atoms with Crippen LogP contribution in [0.25, 0.3) is 0 Å². The lowest BCUT2D eigenvalue weighted by molar-refractivity contribution is -0.149. The second-order valence-corrected chi connectivity index (χ2v) is 4.10. The summed E-state index contributed by atoms with van der Waals surface area (Å²) in [6.45, 7) is 1.72. The van der Waals surface area contributed by atoms with Crippen LogP contribution in [-0.2, 0) is 16.1 Å². The highest BCUT2D eigenvalue weighted by Crippen LogP contribution is 2.23. The van der Waals surface area contributed by atoms with Crippen LogP contribution in [0, 0.1) is 0 Å². The molecule has 1 N–H and O–H groups in total. The van der Waals surface area contributed by atoms with Crippen molar-refractivity contribution in [3.05, 3.63) is 28.2 Å². The van der Waals surface area contributed by atoms with Crippen molar-refractivity contribution in [1.82, 2.24) is 0 Å². The highest BCUT2D eigenvalue weighted by atomic mass is 79.9.